The molecule has 0 radical (unpaired) electrons. The number of aromatic carboxylic acids is 1. The van der Waals surface area contributed by atoms with E-state index in [9.17, 15) is 13.8 Å². The average molecular weight is 283 g/mol. The van der Waals surface area contributed by atoms with Crippen molar-refractivity contribution in [2.75, 3.05) is 5.75 Å². The first-order valence-electron chi connectivity index (χ1n) is 5.95. The summed E-state index contributed by atoms with van der Waals surface area (Å²) in [6.45, 7) is 3.79. The molecule has 19 heavy (non-hydrogen) atoms. The third-order valence-corrected chi connectivity index (χ3v) is 4.02. The first-order chi connectivity index (χ1) is 8.95. The highest BCUT2D eigenvalue weighted by Crippen LogP contribution is 2.13. The van der Waals surface area contributed by atoms with Crippen LogP contribution in [0.3, 0.4) is 0 Å². The summed E-state index contributed by atoms with van der Waals surface area (Å²) in [6, 6.07) is 6.02. The lowest BCUT2D eigenvalue weighted by molar-refractivity contribution is -0.119. The van der Waals surface area contributed by atoms with Crippen LogP contribution in [0.4, 0.5) is 0 Å². The van der Waals surface area contributed by atoms with Gasteiger partial charge in [0, 0.05) is 6.04 Å². The van der Waals surface area contributed by atoms with E-state index < -0.39 is 16.8 Å². The van der Waals surface area contributed by atoms with Crippen LogP contribution in [0.1, 0.15) is 30.6 Å². The Morgan fingerprint density at radius 1 is 1.37 bits per heavy atom. The quantitative estimate of drug-likeness (QED) is 0.826. The van der Waals surface area contributed by atoms with Crippen LogP contribution in [0.25, 0.3) is 0 Å². The van der Waals surface area contributed by atoms with E-state index in [1.54, 1.807) is 12.1 Å². The molecule has 0 bridgehead atoms. The third-order valence-electron chi connectivity index (χ3n) is 2.64. The van der Waals surface area contributed by atoms with Gasteiger partial charge >= 0.3 is 5.97 Å². The highest BCUT2D eigenvalue weighted by atomic mass is 32.2. The number of carbonyl (C=O) groups excluding carboxylic acids is 1. The first-order valence-corrected chi connectivity index (χ1v) is 7.27. The molecule has 104 valence electrons. The average Bonchev–Trinajstić information content (AvgIpc) is 2.38. The fourth-order valence-electron chi connectivity index (χ4n) is 1.46. The summed E-state index contributed by atoms with van der Waals surface area (Å²) in [7, 11) is -1.66. The van der Waals surface area contributed by atoms with Gasteiger partial charge in [-0.25, -0.2) is 4.79 Å². The summed E-state index contributed by atoms with van der Waals surface area (Å²) in [4.78, 5) is 22.8. The minimum atomic E-state index is -1.66. The van der Waals surface area contributed by atoms with Crippen LogP contribution in [-0.4, -0.2) is 33.0 Å². The zero-order valence-corrected chi connectivity index (χ0v) is 11.7. The zero-order chi connectivity index (χ0) is 14.4. The number of rotatable bonds is 6. The SMILES string of the molecule is CCC(C)NC(=O)CS(=O)c1ccccc1C(=O)O. The highest BCUT2D eigenvalue weighted by molar-refractivity contribution is 7.85. The Labute approximate surface area is 114 Å². The molecular weight excluding hydrogens is 266 g/mol. The van der Waals surface area contributed by atoms with E-state index in [2.05, 4.69) is 5.32 Å². The fourth-order valence-corrected chi connectivity index (χ4v) is 2.57. The predicted molar refractivity (Wildman–Crippen MR) is 72.6 cm³/mol. The van der Waals surface area contributed by atoms with Gasteiger partial charge in [0.2, 0.25) is 5.91 Å². The van der Waals surface area contributed by atoms with Crippen LogP contribution in [0.2, 0.25) is 0 Å². The topological polar surface area (TPSA) is 83.5 Å². The number of amides is 1. The standard InChI is InChI=1S/C13H17NO4S/c1-3-9(2)14-12(15)8-19(18)11-7-5-4-6-10(11)13(16)17/h4-7,9H,3,8H2,1-2H3,(H,14,15)(H,16,17). The van der Waals surface area contributed by atoms with Gasteiger partial charge < -0.3 is 10.4 Å². The minimum Gasteiger partial charge on any atom is -0.478 e. The summed E-state index contributed by atoms with van der Waals surface area (Å²) in [5.74, 6) is -1.71. The van der Waals surface area contributed by atoms with Crippen LogP contribution in [0.15, 0.2) is 29.2 Å². The smallest absolute Gasteiger partial charge is 0.336 e. The molecule has 1 rings (SSSR count). The van der Waals surface area contributed by atoms with E-state index in [1.165, 1.54) is 12.1 Å². The molecule has 0 fully saturated rings. The molecule has 0 heterocycles. The van der Waals surface area contributed by atoms with Crippen molar-refractivity contribution in [3.05, 3.63) is 29.8 Å². The number of carboxylic acid groups (broad SMARTS) is 1. The molecular formula is C13H17NO4S. The lowest BCUT2D eigenvalue weighted by Crippen LogP contribution is -2.35. The van der Waals surface area contributed by atoms with Gasteiger partial charge in [0.1, 0.15) is 5.75 Å². The maximum Gasteiger partial charge on any atom is 0.336 e. The Morgan fingerprint density at radius 2 is 2.00 bits per heavy atom. The number of nitrogens with one attached hydrogen (secondary N) is 1. The first kappa shape index (κ1) is 15.4. The molecule has 1 aromatic rings. The highest BCUT2D eigenvalue weighted by Gasteiger charge is 2.17. The van der Waals surface area contributed by atoms with E-state index in [1.807, 2.05) is 13.8 Å². The molecule has 2 N–H and O–H groups in total. The molecule has 1 amide bonds. The molecule has 0 spiro atoms. The van der Waals surface area contributed by atoms with Crippen molar-refractivity contribution in [1.82, 2.24) is 5.32 Å². The van der Waals surface area contributed by atoms with Crippen molar-refractivity contribution in [3.8, 4) is 0 Å². The Hall–Kier alpha value is -1.69. The van der Waals surface area contributed by atoms with E-state index in [0.29, 0.717) is 0 Å². The Morgan fingerprint density at radius 3 is 2.58 bits per heavy atom. The lowest BCUT2D eigenvalue weighted by Gasteiger charge is -2.11. The second kappa shape index (κ2) is 7.04. The second-order valence-electron chi connectivity index (χ2n) is 4.17. The van der Waals surface area contributed by atoms with Gasteiger partial charge in [-0.05, 0) is 25.5 Å². The molecule has 5 nitrogen and oxygen atoms in total. The van der Waals surface area contributed by atoms with Crippen LogP contribution < -0.4 is 5.32 Å². The molecule has 0 aliphatic rings. The monoisotopic (exact) mass is 283 g/mol. The van der Waals surface area contributed by atoms with Gasteiger partial charge in [-0.1, -0.05) is 19.1 Å². The van der Waals surface area contributed by atoms with Crippen molar-refractivity contribution >= 4 is 22.7 Å². The Kier molecular flexibility index (Phi) is 5.69. The summed E-state index contributed by atoms with van der Waals surface area (Å²) in [5, 5.41) is 11.7. The van der Waals surface area contributed by atoms with Gasteiger partial charge in [0.05, 0.1) is 21.3 Å². The third kappa shape index (κ3) is 4.48. The van der Waals surface area contributed by atoms with Crippen molar-refractivity contribution in [2.45, 2.75) is 31.2 Å². The largest absolute Gasteiger partial charge is 0.478 e. The van der Waals surface area contributed by atoms with E-state index in [0.717, 1.165) is 6.42 Å². The number of hydrogen-bond acceptors (Lipinski definition) is 3. The lowest BCUT2D eigenvalue weighted by atomic mass is 10.2. The number of benzene rings is 1. The van der Waals surface area contributed by atoms with Gasteiger partial charge in [0.15, 0.2) is 0 Å². The predicted octanol–water partition coefficient (Wildman–Crippen LogP) is 1.41. The molecule has 0 aliphatic heterocycles. The molecule has 0 saturated heterocycles. The van der Waals surface area contributed by atoms with Gasteiger partial charge in [0.25, 0.3) is 0 Å². The second-order valence-corrected chi connectivity index (χ2v) is 5.59. The summed E-state index contributed by atoms with van der Waals surface area (Å²) in [6.07, 6.45) is 0.782. The van der Waals surface area contributed by atoms with Crippen molar-refractivity contribution in [1.29, 1.82) is 0 Å². The summed E-state index contributed by atoms with van der Waals surface area (Å²) >= 11 is 0. The van der Waals surface area contributed by atoms with Gasteiger partial charge in [-0.15, -0.1) is 0 Å². The fraction of sp³-hybridized carbons (Fsp3) is 0.385. The molecule has 1 aromatic carbocycles. The van der Waals surface area contributed by atoms with Gasteiger partial charge in [-0.3, -0.25) is 9.00 Å². The van der Waals surface area contributed by atoms with Crippen molar-refractivity contribution in [2.24, 2.45) is 0 Å². The Balaban J connectivity index is 2.79. The molecule has 0 saturated carbocycles. The normalized spacial score (nSPS) is 13.6. The molecule has 0 aromatic heterocycles. The number of hydrogen-bond donors (Lipinski definition) is 2. The van der Waals surface area contributed by atoms with Crippen LogP contribution in [0, 0.1) is 0 Å². The van der Waals surface area contributed by atoms with E-state index >= 15 is 0 Å². The van der Waals surface area contributed by atoms with Crippen LogP contribution >= 0.6 is 0 Å². The van der Waals surface area contributed by atoms with E-state index in [4.69, 9.17) is 5.11 Å². The molecule has 6 heteroatoms. The molecule has 0 aliphatic carbocycles. The Bertz CT molecular complexity index is 501. The minimum absolute atomic E-state index is 0.0132. The summed E-state index contributed by atoms with van der Waals surface area (Å²) in [5.41, 5.74) is -0.0304. The van der Waals surface area contributed by atoms with Crippen LogP contribution in [0.5, 0.6) is 0 Å². The van der Waals surface area contributed by atoms with Crippen molar-refractivity contribution in [3.63, 3.8) is 0 Å². The molecule has 2 atom stereocenters. The maximum absolute atomic E-state index is 12.0. The molecule has 2 unspecified atom stereocenters. The van der Waals surface area contributed by atoms with E-state index in [-0.39, 0.29) is 28.2 Å². The number of carboxylic acids is 1. The van der Waals surface area contributed by atoms with Crippen LogP contribution in [-0.2, 0) is 15.6 Å². The maximum atomic E-state index is 12.0. The number of carbonyl (C=O) groups is 2. The summed E-state index contributed by atoms with van der Waals surface area (Å²) < 4.78 is 12.0. The van der Waals surface area contributed by atoms with Gasteiger partial charge in [-0.2, -0.15) is 0 Å². The van der Waals surface area contributed by atoms with Crippen molar-refractivity contribution < 1.29 is 18.9 Å². The zero-order valence-electron chi connectivity index (χ0n) is 10.9.